The predicted molar refractivity (Wildman–Crippen MR) is 127 cm³/mol. The zero-order chi connectivity index (χ0) is 23.8. The first-order valence-electron chi connectivity index (χ1n) is 10.2. The summed E-state index contributed by atoms with van der Waals surface area (Å²) in [5.41, 5.74) is 4.42. The lowest BCUT2D eigenvalue weighted by molar-refractivity contribution is 0.0651. The zero-order valence-corrected chi connectivity index (χ0v) is 17.9. The molecular formula is C28H22O5. The van der Waals surface area contributed by atoms with Gasteiger partial charge in [-0.3, -0.25) is 4.79 Å². The molecule has 0 saturated heterocycles. The van der Waals surface area contributed by atoms with Crippen molar-refractivity contribution in [1.82, 2.24) is 0 Å². The lowest BCUT2D eigenvalue weighted by atomic mass is 9.95. The van der Waals surface area contributed by atoms with Gasteiger partial charge in [-0.05, 0) is 35.7 Å². The van der Waals surface area contributed by atoms with Gasteiger partial charge >= 0.3 is 11.9 Å². The summed E-state index contributed by atoms with van der Waals surface area (Å²) in [5, 5.41) is 17.1. The molecule has 4 aromatic rings. The lowest BCUT2D eigenvalue weighted by Gasteiger charge is -2.08. The summed E-state index contributed by atoms with van der Waals surface area (Å²) in [7, 11) is 0. The second kappa shape index (κ2) is 10.7. The van der Waals surface area contributed by atoms with Crippen LogP contribution >= 0.6 is 0 Å². The van der Waals surface area contributed by atoms with Crippen LogP contribution in [0.3, 0.4) is 0 Å². The van der Waals surface area contributed by atoms with Crippen molar-refractivity contribution in [1.29, 1.82) is 0 Å². The molecular weight excluding hydrogens is 416 g/mol. The molecule has 0 heterocycles. The molecule has 0 aliphatic heterocycles. The molecule has 4 aromatic carbocycles. The van der Waals surface area contributed by atoms with Crippen LogP contribution in [0.1, 0.15) is 42.2 Å². The van der Waals surface area contributed by atoms with E-state index in [1.165, 1.54) is 29.8 Å². The first-order chi connectivity index (χ1) is 15.9. The smallest absolute Gasteiger partial charge is 0.336 e. The third-order valence-corrected chi connectivity index (χ3v) is 5.00. The summed E-state index contributed by atoms with van der Waals surface area (Å²) in [5.74, 6) is -2.38. The number of carboxylic acid groups (broad SMARTS) is 2. The molecule has 0 aromatic heterocycles. The number of aryl methyl sites for hydroxylation is 1. The van der Waals surface area contributed by atoms with Crippen molar-refractivity contribution in [2.75, 3.05) is 0 Å². The van der Waals surface area contributed by atoms with Gasteiger partial charge in [0.05, 0.1) is 11.1 Å². The van der Waals surface area contributed by atoms with Crippen molar-refractivity contribution in [3.8, 4) is 11.1 Å². The Hall–Kier alpha value is -4.51. The molecule has 0 saturated carbocycles. The average molecular weight is 438 g/mol. The highest BCUT2D eigenvalue weighted by Crippen LogP contribution is 2.23. The minimum atomic E-state index is -1.23. The van der Waals surface area contributed by atoms with Crippen LogP contribution < -0.4 is 0 Å². The summed E-state index contributed by atoms with van der Waals surface area (Å²) >= 11 is 0. The number of ketones is 1. The maximum Gasteiger partial charge on any atom is 0.336 e. The van der Waals surface area contributed by atoms with Crippen molar-refractivity contribution in [3.05, 3.63) is 131 Å². The normalized spacial score (nSPS) is 9.97. The van der Waals surface area contributed by atoms with Crippen LogP contribution in [0, 0.1) is 6.92 Å². The van der Waals surface area contributed by atoms with Gasteiger partial charge in [0.2, 0.25) is 0 Å². The minimum absolute atomic E-state index is 0.0766. The first kappa shape index (κ1) is 23.2. The van der Waals surface area contributed by atoms with Crippen molar-refractivity contribution >= 4 is 17.7 Å². The number of aromatic carboxylic acids is 2. The van der Waals surface area contributed by atoms with E-state index in [1.54, 1.807) is 0 Å². The number of rotatable bonds is 5. The second-order valence-electron chi connectivity index (χ2n) is 7.25. The predicted octanol–water partition coefficient (Wildman–Crippen LogP) is 5.98. The van der Waals surface area contributed by atoms with Crippen LogP contribution in [0.5, 0.6) is 0 Å². The third-order valence-electron chi connectivity index (χ3n) is 5.00. The van der Waals surface area contributed by atoms with Crippen LogP contribution in [0.25, 0.3) is 11.1 Å². The molecule has 0 unspecified atom stereocenters. The minimum Gasteiger partial charge on any atom is -0.478 e. The molecule has 0 atom stereocenters. The molecule has 33 heavy (non-hydrogen) atoms. The van der Waals surface area contributed by atoms with E-state index in [0.29, 0.717) is 0 Å². The van der Waals surface area contributed by atoms with Gasteiger partial charge in [0.1, 0.15) is 0 Å². The molecule has 0 spiro atoms. The van der Waals surface area contributed by atoms with Gasteiger partial charge in [0, 0.05) is 11.1 Å². The molecule has 0 radical (unpaired) electrons. The summed E-state index contributed by atoms with van der Waals surface area (Å²) in [6.07, 6.45) is 0. The Morgan fingerprint density at radius 2 is 1.03 bits per heavy atom. The van der Waals surface area contributed by atoms with Crippen LogP contribution in [0.4, 0.5) is 0 Å². The van der Waals surface area contributed by atoms with E-state index < -0.39 is 11.9 Å². The van der Waals surface area contributed by atoms with Gasteiger partial charge in [-0.1, -0.05) is 91.0 Å². The van der Waals surface area contributed by atoms with E-state index in [0.717, 1.165) is 22.3 Å². The molecule has 0 fully saturated rings. The summed E-state index contributed by atoms with van der Waals surface area (Å²) in [6.45, 7) is 1.99. The maximum absolute atomic E-state index is 12.5. The highest BCUT2D eigenvalue weighted by Gasteiger charge is 2.14. The maximum atomic E-state index is 12.5. The van der Waals surface area contributed by atoms with Crippen LogP contribution in [0.15, 0.2) is 103 Å². The lowest BCUT2D eigenvalue weighted by Crippen LogP contribution is -2.06. The standard InChI is InChI=1S/C20H16O.C8H6O4/c1-15-14-18(16-8-4-2-5-9-16)12-13-19(15)20(21)17-10-6-3-7-11-17;9-7(10)5-3-1-2-4-6(5)8(11)12/h2-14H,1H3;1-4H,(H,9,10)(H,11,12). The Bertz CT molecular complexity index is 1250. The summed E-state index contributed by atoms with van der Waals surface area (Å²) in [4.78, 5) is 33.4. The number of carbonyl (C=O) groups is 3. The Balaban J connectivity index is 0.000000218. The highest BCUT2D eigenvalue weighted by atomic mass is 16.4. The van der Waals surface area contributed by atoms with Gasteiger partial charge < -0.3 is 10.2 Å². The molecule has 0 aliphatic rings. The van der Waals surface area contributed by atoms with Gasteiger partial charge in [-0.15, -0.1) is 0 Å². The van der Waals surface area contributed by atoms with E-state index in [1.807, 2.05) is 67.6 Å². The van der Waals surface area contributed by atoms with E-state index >= 15 is 0 Å². The molecule has 0 aliphatic carbocycles. The Morgan fingerprint density at radius 3 is 1.52 bits per heavy atom. The molecule has 2 N–H and O–H groups in total. The van der Waals surface area contributed by atoms with E-state index in [-0.39, 0.29) is 16.9 Å². The third kappa shape index (κ3) is 5.80. The number of hydrogen-bond acceptors (Lipinski definition) is 3. The van der Waals surface area contributed by atoms with Crippen LogP contribution in [-0.2, 0) is 0 Å². The number of hydrogen-bond donors (Lipinski definition) is 2. The Morgan fingerprint density at radius 1 is 0.545 bits per heavy atom. The topological polar surface area (TPSA) is 91.7 Å². The zero-order valence-electron chi connectivity index (χ0n) is 17.9. The van der Waals surface area contributed by atoms with Crippen LogP contribution in [-0.4, -0.2) is 27.9 Å². The van der Waals surface area contributed by atoms with Gasteiger partial charge in [-0.25, -0.2) is 9.59 Å². The fourth-order valence-electron chi connectivity index (χ4n) is 3.33. The summed E-state index contributed by atoms with van der Waals surface area (Å²) in [6, 6.07) is 31.1. The fraction of sp³-hybridized carbons (Fsp3) is 0.0357. The SMILES string of the molecule is Cc1cc(-c2ccccc2)ccc1C(=O)c1ccccc1.O=C(O)c1ccccc1C(=O)O. The second-order valence-corrected chi connectivity index (χ2v) is 7.25. The van der Waals surface area contributed by atoms with Gasteiger partial charge in [0.25, 0.3) is 0 Å². The fourth-order valence-corrected chi connectivity index (χ4v) is 3.33. The number of carboxylic acids is 2. The molecule has 5 heteroatoms. The average Bonchev–Trinajstić information content (AvgIpc) is 2.85. The van der Waals surface area contributed by atoms with E-state index in [9.17, 15) is 14.4 Å². The molecule has 164 valence electrons. The van der Waals surface area contributed by atoms with E-state index in [2.05, 4.69) is 18.2 Å². The molecule has 0 amide bonds. The molecule has 5 nitrogen and oxygen atoms in total. The van der Waals surface area contributed by atoms with Crippen LogP contribution in [0.2, 0.25) is 0 Å². The molecule has 4 rings (SSSR count). The Labute approximate surface area is 191 Å². The van der Waals surface area contributed by atoms with Crippen molar-refractivity contribution in [2.24, 2.45) is 0 Å². The van der Waals surface area contributed by atoms with Crippen molar-refractivity contribution in [3.63, 3.8) is 0 Å². The number of carbonyl (C=O) groups excluding carboxylic acids is 1. The highest BCUT2D eigenvalue weighted by molar-refractivity contribution is 6.10. The largest absolute Gasteiger partial charge is 0.478 e. The Kier molecular flexibility index (Phi) is 7.50. The molecule has 0 bridgehead atoms. The van der Waals surface area contributed by atoms with Crippen molar-refractivity contribution < 1.29 is 24.6 Å². The van der Waals surface area contributed by atoms with E-state index in [4.69, 9.17) is 10.2 Å². The van der Waals surface area contributed by atoms with Gasteiger partial charge in [0.15, 0.2) is 5.78 Å². The monoisotopic (exact) mass is 438 g/mol. The number of benzene rings is 4. The van der Waals surface area contributed by atoms with Crippen molar-refractivity contribution in [2.45, 2.75) is 6.92 Å². The quantitative estimate of drug-likeness (QED) is 0.374. The first-order valence-corrected chi connectivity index (χ1v) is 10.2. The summed E-state index contributed by atoms with van der Waals surface area (Å²) < 4.78 is 0. The van der Waals surface area contributed by atoms with Gasteiger partial charge in [-0.2, -0.15) is 0 Å².